The van der Waals surface area contributed by atoms with Crippen molar-refractivity contribution in [2.24, 2.45) is 22.9 Å². The smallest absolute Gasteiger partial charge is 0.325 e. The predicted octanol–water partition coefficient (Wildman–Crippen LogP) is 2.30. The van der Waals surface area contributed by atoms with Gasteiger partial charge in [-0.05, 0) is 49.7 Å². The van der Waals surface area contributed by atoms with Gasteiger partial charge in [-0.25, -0.2) is 0 Å². The summed E-state index contributed by atoms with van der Waals surface area (Å²) < 4.78 is -0.647. The first-order valence-electron chi connectivity index (χ1n) is 14.4. The van der Waals surface area contributed by atoms with Crippen molar-refractivity contribution in [3.05, 3.63) is 44.8 Å². The van der Waals surface area contributed by atoms with E-state index in [9.17, 15) is 24.0 Å². The molecule has 0 radical (unpaired) electrons. The Morgan fingerprint density at radius 2 is 1.34 bits per heavy atom. The van der Waals surface area contributed by atoms with E-state index >= 15 is 0 Å². The minimum Gasteiger partial charge on any atom is -0.480 e. The minimum atomic E-state index is -1.02. The molecule has 2 heterocycles. The van der Waals surface area contributed by atoms with Crippen LogP contribution in [0.1, 0.15) is 69.2 Å². The molecule has 0 aliphatic carbocycles. The van der Waals surface area contributed by atoms with E-state index in [0.29, 0.717) is 24.3 Å². The zero-order chi connectivity index (χ0) is 37.2. The van der Waals surface area contributed by atoms with Gasteiger partial charge >= 0.3 is 29.8 Å². The largest absolute Gasteiger partial charge is 0.480 e. The molecule has 0 spiro atoms. The number of hydrogen-bond donors (Lipinski definition) is 11. The zero-order valence-electron chi connectivity index (χ0n) is 27.1. The number of likely N-dealkylation sites (N-methyl/N-ethyl adjacent to an activating group) is 1. The number of carbonyl (C=O) groups is 5. The maximum Gasteiger partial charge on any atom is 0.325 e. The molecule has 14 N–H and O–H groups in total. The summed E-state index contributed by atoms with van der Waals surface area (Å²) in [7, 11) is 0. The molecule has 2 aromatic rings. The van der Waals surface area contributed by atoms with Gasteiger partial charge in [-0.15, -0.1) is 22.7 Å². The molecule has 18 heteroatoms. The number of carboxylic acid groups (broad SMARTS) is 5. The Hall–Kier alpha value is -3.10. The average Bonchev–Trinajstić information content (AvgIpc) is 3.71. The van der Waals surface area contributed by atoms with Crippen LogP contribution in [0.5, 0.6) is 0 Å². The fraction of sp³-hybridized carbons (Fsp3) is 0.552. The fourth-order valence-electron chi connectivity index (χ4n) is 2.59. The Morgan fingerprint density at radius 1 is 0.809 bits per heavy atom. The summed E-state index contributed by atoms with van der Waals surface area (Å²) in [6.45, 7) is 8.04. The van der Waals surface area contributed by atoms with E-state index in [-0.39, 0.29) is 6.54 Å². The lowest BCUT2D eigenvalue weighted by atomic mass is 10.1. The van der Waals surface area contributed by atoms with Crippen molar-refractivity contribution in [3.63, 3.8) is 0 Å². The molecule has 0 amide bonds. The van der Waals surface area contributed by atoms with Crippen LogP contribution in [0.4, 0.5) is 0 Å². The number of aliphatic carboxylic acids is 5. The Labute approximate surface area is 288 Å². The monoisotopic (exact) mass is 725 g/mol. The molecular formula is C29H51N5O10S3. The van der Waals surface area contributed by atoms with Gasteiger partial charge in [-0.2, -0.15) is 12.6 Å². The van der Waals surface area contributed by atoms with E-state index in [2.05, 4.69) is 24.9 Å². The normalized spacial score (nSPS) is 12.7. The third kappa shape index (κ3) is 28.8. The molecule has 0 fully saturated rings. The van der Waals surface area contributed by atoms with Crippen molar-refractivity contribution in [3.8, 4) is 0 Å². The zero-order valence-corrected chi connectivity index (χ0v) is 29.6. The number of nitrogens with two attached hydrogens (primary N) is 4. The Morgan fingerprint density at radius 3 is 1.64 bits per heavy atom. The maximum absolute atomic E-state index is 10.3. The molecule has 2 unspecified atom stereocenters. The van der Waals surface area contributed by atoms with Gasteiger partial charge in [0.25, 0.3) is 0 Å². The summed E-state index contributed by atoms with van der Waals surface area (Å²) >= 11 is 6.86. The highest BCUT2D eigenvalue weighted by atomic mass is 32.1. The van der Waals surface area contributed by atoms with Crippen molar-refractivity contribution in [1.82, 2.24) is 5.32 Å². The van der Waals surface area contributed by atoms with E-state index in [1.165, 1.54) is 22.7 Å². The van der Waals surface area contributed by atoms with Crippen LogP contribution in [0.15, 0.2) is 35.0 Å². The van der Waals surface area contributed by atoms with Crippen LogP contribution in [-0.4, -0.2) is 91.3 Å². The highest BCUT2D eigenvalue weighted by molar-refractivity contribution is 7.81. The molecule has 15 nitrogen and oxygen atoms in total. The Balaban J connectivity index is -0.000000519. The van der Waals surface area contributed by atoms with Crippen LogP contribution in [0.2, 0.25) is 0 Å². The second-order valence-corrected chi connectivity index (χ2v) is 13.3. The van der Waals surface area contributed by atoms with Gasteiger partial charge in [0.2, 0.25) is 0 Å². The van der Waals surface area contributed by atoms with Crippen molar-refractivity contribution in [1.29, 1.82) is 0 Å². The lowest BCUT2D eigenvalue weighted by molar-refractivity contribution is -0.139. The van der Waals surface area contributed by atoms with Crippen LogP contribution in [0.25, 0.3) is 0 Å². The van der Waals surface area contributed by atoms with Gasteiger partial charge in [0.1, 0.15) is 24.2 Å². The van der Waals surface area contributed by atoms with Gasteiger partial charge < -0.3 is 53.8 Å². The molecular weight excluding hydrogens is 675 g/mol. The van der Waals surface area contributed by atoms with Crippen molar-refractivity contribution in [2.75, 3.05) is 13.1 Å². The molecule has 0 saturated heterocycles. The maximum atomic E-state index is 10.3. The van der Waals surface area contributed by atoms with E-state index in [4.69, 9.17) is 48.5 Å². The van der Waals surface area contributed by atoms with Gasteiger partial charge in [0.15, 0.2) is 0 Å². The minimum absolute atomic E-state index is 0.0660. The molecule has 4 atom stereocenters. The third-order valence-corrected chi connectivity index (χ3v) is 7.56. The summed E-state index contributed by atoms with van der Waals surface area (Å²) in [5, 5.41) is 47.9. The highest BCUT2D eigenvalue weighted by Gasteiger charge is 2.27. The van der Waals surface area contributed by atoms with E-state index < -0.39 is 58.8 Å². The lowest BCUT2D eigenvalue weighted by Crippen LogP contribution is -2.45. The van der Waals surface area contributed by atoms with E-state index in [1.54, 1.807) is 31.4 Å². The second kappa shape index (κ2) is 28.0. The predicted molar refractivity (Wildman–Crippen MR) is 187 cm³/mol. The van der Waals surface area contributed by atoms with Gasteiger partial charge in [-0.3, -0.25) is 24.0 Å². The van der Waals surface area contributed by atoms with E-state index in [1.807, 2.05) is 24.4 Å². The van der Waals surface area contributed by atoms with Crippen LogP contribution >= 0.6 is 35.3 Å². The fourth-order valence-corrected chi connectivity index (χ4v) is 4.19. The summed E-state index contributed by atoms with van der Waals surface area (Å²) in [6, 6.07) is 4.06. The lowest BCUT2D eigenvalue weighted by Gasteiger charge is -2.21. The number of unbranched alkanes of at least 4 members (excludes halogenated alkanes) is 2. The molecule has 270 valence electrons. The quantitative estimate of drug-likeness (QED) is 0.0927. The molecule has 47 heavy (non-hydrogen) atoms. The number of hydrogen-bond acceptors (Lipinski definition) is 13. The number of rotatable bonds is 15. The van der Waals surface area contributed by atoms with Crippen LogP contribution < -0.4 is 28.3 Å². The first-order chi connectivity index (χ1) is 21.7. The van der Waals surface area contributed by atoms with Crippen LogP contribution in [0.3, 0.4) is 0 Å². The molecule has 0 bridgehead atoms. The SMILES string of the molecule is CC(C)(S)[C@H](N)C(=O)O.CCCCCC(N)C(=O)O.CCNCC(=O)O.NC(C(=O)O)c1cccs1.N[C@@H](Cc1cccs1)C(=O)O. The van der Waals surface area contributed by atoms with Gasteiger partial charge in [-0.1, -0.05) is 45.2 Å². The topological polar surface area (TPSA) is 303 Å². The molecule has 2 aromatic heterocycles. The Kier molecular flexibility index (Phi) is 28.7. The van der Waals surface area contributed by atoms with Crippen molar-refractivity contribution >= 4 is 65.1 Å². The van der Waals surface area contributed by atoms with Crippen LogP contribution in [0, 0.1) is 0 Å². The molecule has 2 rings (SSSR count). The Bertz CT molecular complexity index is 1130. The summed E-state index contributed by atoms with van der Waals surface area (Å²) in [5.74, 6) is -4.64. The van der Waals surface area contributed by atoms with Crippen molar-refractivity contribution in [2.45, 2.75) is 88.7 Å². The third-order valence-electron chi connectivity index (χ3n) is 5.42. The molecule has 0 saturated carbocycles. The number of carboxylic acids is 5. The second-order valence-electron chi connectivity index (χ2n) is 10.1. The summed E-state index contributed by atoms with van der Waals surface area (Å²) in [4.78, 5) is 52.3. The number of thiol groups is 1. The first kappa shape index (κ1) is 48.3. The highest BCUT2D eigenvalue weighted by Crippen LogP contribution is 2.16. The molecule has 0 aliphatic rings. The van der Waals surface area contributed by atoms with E-state index in [0.717, 1.165) is 24.1 Å². The number of nitrogens with one attached hydrogen (secondary N) is 1. The van der Waals surface area contributed by atoms with Gasteiger partial charge in [0, 0.05) is 20.9 Å². The summed E-state index contributed by atoms with van der Waals surface area (Å²) in [6.07, 6.45) is 4.12. The van der Waals surface area contributed by atoms with Gasteiger partial charge in [0.05, 0.1) is 6.54 Å². The van der Waals surface area contributed by atoms with Crippen molar-refractivity contribution < 1.29 is 49.5 Å². The number of thiophene rings is 2. The average molecular weight is 726 g/mol. The standard InChI is InChI=1S/C7H9NO2S.C7H15NO2.C6H7NO2S.C5H11NO2S.C4H9NO2/c8-6(7(9)10)4-5-2-1-3-11-5;1-2-3-4-5-6(8)7(9)10;7-5(6(8)9)4-2-1-3-10-4;1-5(2,9)3(6)4(7)8;1-2-5-3-4(6)7/h1-3,6H,4,8H2,(H,9,10);6H,2-5,8H2,1H3,(H,9,10);1-3,5H,7H2,(H,8,9);3,9H,6H2,1-2H3,(H,7,8);5H,2-3H2,1H3,(H,6,7)/t6-;;;3-;/m0..1./s1. The summed E-state index contributed by atoms with van der Waals surface area (Å²) in [5.41, 5.74) is 21.1. The first-order valence-corrected chi connectivity index (χ1v) is 16.6. The molecule has 0 aliphatic heterocycles. The van der Waals surface area contributed by atoms with Crippen LogP contribution in [-0.2, 0) is 30.4 Å². The molecule has 0 aromatic carbocycles.